The highest BCUT2D eigenvalue weighted by Crippen LogP contribution is 2.22. The fourth-order valence-electron chi connectivity index (χ4n) is 1.95. The number of rotatable bonds is 3. The minimum absolute atomic E-state index is 0.166. The molecule has 0 bridgehead atoms. The minimum atomic E-state index is -0.273. The van der Waals surface area contributed by atoms with E-state index in [4.69, 9.17) is 5.73 Å². The number of aromatic nitrogens is 2. The number of benzene rings is 1. The molecule has 0 fully saturated rings. The quantitative estimate of drug-likeness (QED) is 0.905. The van der Waals surface area contributed by atoms with Crippen LogP contribution in [0.2, 0.25) is 0 Å². The summed E-state index contributed by atoms with van der Waals surface area (Å²) in [5.74, 6) is 0.819. The number of nitrogens with two attached hydrogens (primary N) is 1. The van der Waals surface area contributed by atoms with Crippen molar-refractivity contribution < 1.29 is 4.39 Å². The van der Waals surface area contributed by atoms with Crippen LogP contribution in [0.1, 0.15) is 44.1 Å². The summed E-state index contributed by atoms with van der Waals surface area (Å²) in [4.78, 5) is 4.26. The summed E-state index contributed by atoms with van der Waals surface area (Å²) in [5.41, 5.74) is 7.05. The Morgan fingerprint density at radius 3 is 2.56 bits per heavy atom. The van der Waals surface area contributed by atoms with Crippen LogP contribution in [0.15, 0.2) is 30.6 Å². The van der Waals surface area contributed by atoms with Gasteiger partial charge in [0.25, 0.3) is 0 Å². The maximum absolute atomic E-state index is 14.1. The summed E-state index contributed by atoms with van der Waals surface area (Å²) in [5, 5.41) is 0. The average Bonchev–Trinajstić information content (AvgIpc) is 2.77. The van der Waals surface area contributed by atoms with Gasteiger partial charge in [-0.15, -0.1) is 0 Å². The van der Waals surface area contributed by atoms with Crippen LogP contribution in [-0.2, 0) is 0 Å². The first-order valence-electron chi connectivity index (χ1n) is 6.09. The molecule has 1 heterocycles. The molecule has 0 aliphatic heterocycles. The molecule has 1 aromatic heterocycles. The van der Waals surface area contributed by atoms with Crippen molar-refractivity contribution in [3.8, 4) is 5.69 Å². The van der Waals surface area contributed by atoms with Crippen LogP contribution in [0.5, 0.6) is 0 Å². The van der Waals surface area contributed by atoms with E-state index in [2.05, 4.69) is 4.98 Å². The van der Waals surface area contributed by atoms with Crippen molar-refractivity contribution in [3.63, 3.8) is 0 Å². The molecule has 0 spiro atoms. The Kier molecular flexibility index (Phi) is 3.48. The number of halogens is 1. The lowest BCUT2D eigenvalue weighted by Crippen LogP contribution is -2.08. The third kappa shape index (κ3) is 2.29. The van der Waals surface area contributed by atoms with E-state index in [0.29, 0.717) is 5.69 Å². The van der Waals surface area contributed by atoms with Crippen LogP contribution >= 0.6 is 0 Å². The first kappa shape index (κ1) is 12.8. The van der Waals surface area contributed by atoms with Crippen LogP contribution in [0.25, 0.3) is 5.69 Å². The van der Waals surface area contributed by atoms with E-state index < -0.39 is 0 Å². The van der Waals surface area contributed by atoms with Gasteiger partial charge in [-0.1, -0.05) is 19.9 Å². The third-order valence-corrected chi connectivity index (χ3v) is 2.94. The van der Waals surface area contributed by atoms with E-state index in [9.17, 15) is 4.39 Å². The number of nitrogens with zero attached hydrogens (tertiary/aromatic N) is 2. The molecule has 2 rings (SSSR count). The Hall–Kier alpha value is -1.68. The molecule has 1 unspecified atom stereocenters. The van der Waals surface area contributed by atoms with Crippen LogP contribution in [0.4, 0.5) is 4.39 Å². The number of hydrogen-bond acceptors (Lipinski definition) is 2. The molecule has 0 saturated carbocycles. The summed E-state index contributed by atoms with van der Waals surface area (Å²) in [6.45, 7) is 5.91. The van der Waals surface area contributed by atoms with Crippen LogP contribution in [0.3, 0.4) is 0 Å². The molecule has 0 aliphatic rings. The molecule has 0 radical (unpaired) electrons. The SMILES string of the molecule is CC(C)c1nccn1-c1ccc(C(C)N)cc1F. The van der Waals surface area contributed by atoms with Crippen molar-refractivity contribution >= 4 is 0 Å². The zero-order chi connectivity index (χ0) is 13.3. The maximum atomic E-state index is 14.1. The summed E-state index contributed by atoms with van der Waals surface area (Å²) in [6.07, 6.45) is 3.47. The molecule has 2 N–H and O–H groups in total. The van der Waals surface area contributed by atoms with Gasteiger partial charge in [0.1, 0.15) is 11.6 Å². The second kappa shape index (κ2) is 4.90. The van der Waals surface area contributed by atoms with Gasteiger partial charge in [-0.25, -0.2) is 9.37 Å². The van der Waals surface area contributed by atoms with E-state index in [0.717, 1.165) is 11.4 Å². The van der Waals surface area contributed by atoms with Crippen molar-refractivity contribution in [2.24, 2.45) is 5.73 Å². The fourth-order valence-corrected chi connectivity index (χ4v) is 1.95. The van der Waals surface area contributed by atoms with E-state index in [1.165, 1.54) is 6.07 Å². The average molecular weight is 247 g/mol. The predicted octanol–water partition coefficient (Wildman–Crippen LogP) is 3.15. The largest absolute Gasteiger partial charge is 0.324 e. The molecule has 4 heteroatoms. The van der Waals surface area contributed by atoms with E-state index in [1.807, 2.05) is 26.8 Å². The Balaban J connectivity index is 2.48. The molecule has 1 aromatic carbocycles. The van der Waals surface area contributed by atoms with Crippen molar-refractivity contribution in [3.05, 3.63) is 47.8 Å². The normalized spacial score (nSPS) is 13.0. The summed E-state index contributed by atoms with van der Waals surface area (Å²) in [7, 11) is 0. The smallest absolute Gasteiger partial charge is 0.147 e. The standard InChI is InChI=1S/C14H18FN3/c1-9(2)14-17-6-7-18(14)13-5-4-11(10(3)16)8-12(13)15/h4-10H,16H2,1-3H3. The highest BCUT2D eigenvalue weighted by molar-refractivity contribution is 5.38. The Bertz CT molecular complexity index is 544. The third-order valence-electron chi connectivity index (χ3n) is 2.94. The van der Waals surface area contributed by atoms with Gasteiger partial charge in [-0.05, 0) is 24.6 Å². The van der Waals surface area contributed by atoms with Gasteiger partial charge in [0.15, 0.2) is 0 Å². The lowest BCUT2D eigenvalue weighted by Gasteiger charge is -2.13. The molecule has 0 amide bonds. The Morgan fingerprint density at radius 2 is 2.00 bits per heavy atom. The van der Waals surface area contributed by atoms with Crippen LogP contribution < -0.4 is 5.73 Å². The molecule has 3 nitrogen and oxygen atoms in total. The first-order chi connectivity index (χ1) is 8.50. The van der Waals surface area contributed by atoms with E-state index in [-0.39, 0.29) is 17.8 Å². The first-order valence-corrected chi connectivity index (χ1v) is 6.09. The molecule has 96 valence electrons. The topological polar surface area (TPSA) is 43.8 Å². The zero-order valence-corrected chi connectivity index (χ0v) is 10.9. The summed E-state index contributed by atoms with van der Waals surface area (Å²) < 4.78 is 15.9. The van der Waals surface area contributed by atoms with Gasteiger partial charge < -0.3 is 10.3 Å². The lowest BCUT2D eigenvalue weighted by atomic mass is 10.1. The number of imidazole rings is 1. The molecule has 2 aromatic rings. The second-order valence-corrected chi connectivity index (χ2v) is 4.81. The molecule has 0 saturated heterocycles. The monoisotopic (exact) mass is 247 g/mol. The summed E-state index contributed by atoms with van der Waals surface area (Å²) in [6, 6.07) is 4.93. The second-order valence-electron chi connectivity index (χ2n) is 4.81. The van der Waals surface area contributed by atoms with Gasteiger partial charge in [-0.3, -0.25) is 0 Å². The fraction of sp³-hybridized carbons (Fsp3) is 0.357. The van der Waals surface area contributed by atoms with Crippen molar-refractivity contribution in [1.82, 2.24) is 9.55 Å². The van der Waals surface area contributed by atoms with Gasteiger partial charge >= 0.3 is 0 Å². The van der Waals surface area contributed by atoms with Crippen molar-refractivity contribution in [1.29, 1.82) is 0 Å². The predicted molar refractivity (Wildman–Crippen MR) is 70.2 cm³/mol. The van der Waals surface area contributed by atoms with Crippen LogP contribution in [0, 0.1) is 5.82 Å². The van der Waals surface area contributed by atoms with Crippen LogP contribution in [-0.4, -0.2) is 9.55 Å². The summed E-state index contributed by atoms with van der Waals surface area (Å²) >= 11 is 0. The van der Waals surface area contributed by atoms with Gasteiger partial charge in [0.2, 0.25) is 0 Å². The minimum Gasteiger partial charge on any atom is -0.324 e. The molecule has 18 heavy (non-hydrogen) atoms. The highest BCUT2D eigenvalue weighted by atomic mass is 19.1. The van der Waals surface area contributed by atoms with Crippen molar-refractivity contribution in [2.45, 2.75) is 32.7 Å². The molecule has 1 atom stereocenters. The highest BCUT2D eigenvalue weighted by Gasteiger charge is 2.13. The van der Waals surface area contributed by atoms with Crippen molar-refractivity contribution in [2.75, 3.05) is 0 Å². The lowest BCUT2D eigenvalue weighted by molar-refractivity contribution is 0.607. The Morgan fingerprint density at radius 1 is 1.28 bits per heavy atom. The molecular formula is C14H18FN3. The Labute approximate surface area is 106 Å². The van der Waals surface area contributed by atoms with E-state index >= 15 is 0 Å². The number of hydrogen-bond donors (Lipinski definition) is 1. The maximum Gasteiger partial charge on any atom is 0.147 e. The zero-order valence-electron chi connectivity index (χ0n) is 10.9. The van der Waals surface area contributed by atoms with Gasteiger partial charge in [0, 0.05) is 24.4 Å². The van der Waals surface area contributed by atoms with Gasteiger partial charge in [0.05, 0.1) is 5.69 Å². The molecule has 0 aliphatic carbocycles. The van der Waals surface area contributed by atoms with Gasteiger partial charge in [-0.2, -0.15) is 0 Å². The molecular weight excluding hydrogens is 229 g/mol. The van der Waals surface area contributed by atoms with E-state index in [1.54, 1.807) is 23.0 Å².